The van der Waals surface area contributed by atoms with Gasteiger partial charge >= 0.3 is 0 Å². The zero-order chi connectivity index (χ0) is 15.7. The molecule has 1 saturated heterocycles. The van der Waals surface area contributed by atoms with Gasteiger partial charge in [-0.2, -0.15) is 5.10 Å². The highest BCUT2D eigenvalue weighted by Crippen LogP contribution is 2.24. The van der Waals surface area contributed by atoms with Crippen LogP contribution >= 0.6 is 11.6 Å². The fraction of sp³-hybridized carbons (Fsp3) is 0.643. The average Bonchev–Trinajstić information content (AvgIpc) is 2.65. The highest BCUT2D eigenvalue weighted by molar-refractivity contribution is 6.31. The summed E-state index contributed by atoms with van der Waals surface area (Å²) in [7, 11) is 0. The molecule has 0 radical (unpaired) electrons. The third-order valence-corrected chi connectivity index (χ3v) is 4.31. The molecule has 1 N–H and O–H groups in total. The van der Waals surface area contributed by atoms with E-state index < -0.39 is 6.04 Å². The van der Waals surface area contributed by atoms with E-state index in [0.717, 1.165) is 11.4 Å². The fourth-order valence-corrected chi connectivity index (χ4v) is 2.82. The van der Waals surface area contributed by atoms with Gasteiger partial charge in [0.05, 0.1) is 23.0 Å². The van der Waals surface area contributed by atoms with Crippen molar-refractivity contribution in [3.05, 3.63) is 16.4 Å². The van der Waals surface area contributed by atoms with E-state index in [0.29, 0.717) is 24.5 Å². The quantitative estimate of drug-likeness (QED) is 0.919. The maximum absolute atomic E-state index is 12.5. The summed E-state index contributed by atoms with van der Waals surface area (Å²) in [5, 5.41) is 7.66. The molecule has 1 aliphatic heterocycles. The van der Waals surface area contributed by atoms with Crippen molar-refractivity contribution in [1.82, 2.24) is 20.0 Å². The summed E-state index contributed by atoms with van der Waals surface area (Å²) < 4.78 is 1.81. The summed E-state index contributed by atoms with van der Waals surface area (Å²) >= 11 is 6.31. The highest BCUT2D eigenvalue weighted by Gasteiger charge is 2.32. The Morgan fingerprint density at radius 2 is 2.05 bits per heavy atom. The van der Waals surface area contributed by atoms with Crippen molar-refractivity contribution in [2.24, 2.45) is 0 Å². The van der Waals surface area contributed by atoms with Gasteiger partial charge in [-0.05, 0) is 27.7 Å². The lowest BCUT2D eigenvalue weighted by atomic mass is 10.2. The van der Waals surface area contributed by atoms with E-state index in [1.165, 1.54) is 0 Å². The van der Waals surface area contributed by atoms with Crippen molar-refractivity contribution >= 4 is 23.4 Å². The molecule has 6 nitrogen and oxygen atoms in total. The molecular weight excluding hydrogens is 292 g/mol. The first kappa shape index (κ1) is 15.8. The summed E-state index contributed by atoms with van der Waals surface area (Å²) in [6.07, 6.45) is 0.299. The minimum Gasteiger partial charge on any atom is -0.345 e. The number of amides is 2. The zero-order valence-corrected chi connectivity index (χ0v) is 13.6. The number of carbonyl (C=O) groups excluding carboxylic acids is 2. The normalized spacial score (nSPS) is 23.2. The molecule has 1 aliphatic rings. The van der Waals surface area contributed by atoms with Crippen molar-refractivity contribution in [2.45, 2.75) is 59.3 Å². The molecule has 0 bridgehead atoms. The molecule has 2 rings (SSSR count). The van der Waals surface area contributed by atoms with Gasteiger partial charge in [-0.15, -0.1) is 0 Å². The lowest BCUT2D eigenvalue weighted by Crippen LogP contribution is -2.44. The SMILES string of the molecule is CCn1nc(C)c(Cl)c1CN1C(=O)C(C)NC(=O)CC1C. The highest BCUT2D eigenvalue weighted by atomic mass is 35.5. The summed E-state index contributed by atoms with van der Waals surface area (Å²) in [5.41, 5.74) is 1.57. The maximum atomic E-state index is 12.5. The number of hydrogen-bond donors (Lipinski definition) is 1. The first-order valence-corrected chi connectivity index (χ1v) is 7.54. The molecule has 1 fully saturated rings. The minimum absolute atomic E-state index is 0.0917. The molecule has 0 aromatic carbocycles. The van der Waals surface area contributed by atoms with Gasteiger partial charge < -0.3 is 10.2 Å². The smallest absolute Gasteiger partial charge is 0.245 e. The van der Waals surface area contributed by atoms with Crippen molar-refractivity contribution < 1.29 is 9.59 Å². The first-order chi connectivity index (χ1) is 9.85. The Morgan fingerprint density at radius 3 is 2.67 bits per heavy atom. The average molecular weight is 313 g/mol. The Kier molecular flexibility index (Phi) is 4.56. The van der Waals surface area contributed by atoms with E-state index in [9.17, 15) is 9.59 Å². The third kappa shape index (κ3) is 3.05. The van der Waals surface area contributed by atoms with Crippen LogP contribution in [-0.4, -0.2) is 38.6 Å². The lowest BCUT2D eigenvalue weighted by Gasteiger charge is -2.28. The Morgan fingerprint density at radius 1 is 1.38 bits per heavy atom. The largest absolute Gasteiger partial charge is 0.345 e. The minimum atomic E-state index is -0.514. The number of carbonyl (C=O) groups is 2. The molecule has 1 aromatic rings. The first-order valence-electron chi connectivity index (χ1n) is 7.16. The van der Waals surface area contributed by atoms with Crippen molar-refractivity contribution in [1.29, 1.82) is 0 Å². The molecule has 2 unspecified atom stereocenters. The van der Waals surface area contributed by atoms with Gasteiger partial charge in [0, 0.05) is 19.0 Å². The third-order valence-electron chi connectivity index (χ3n) is 3.82. The van der Waals surface area contributed by atoms with Crippen LogP contribution in [0.5, 0.6) is 0 Å². The van der Waals surface area contributed by atoms with Crippen LogP contribution in [0.1, 0.15) is 38.6 Å². The number of nitrogens with one attached hydrogen (secondary N) is 1. The molecule has 0 aliphatic carbocycles. The predicted molar refractivity (Wildman–Crippen MR) is 79.9 cm³/mol. The molecule has 116 valence electrons. The zero-order valence-electron chi connectivity index (χ0n) is 12.8. The van der Waals surface area contributed by atoms with Crippen LogP contribution in [0.25, 0.3) is 0 Å². The van der Waals surface area contributed by atoms with Crippen LogP contribution in [0.4, 0.5) is 0 Å². The van der Waals surface area contributed by atoms with Gasteiger partial charge in [0.15, 0.2) is 0 Å². The number of aryl methyl sites for hydroxylation is 2. The van der Waals surface area contributed by atoms with E-state index in [1.54, 1.807) is 11.8 Å². The van der Waals surface area contributed by atoms with Gasteiger partial charge in [-0.25, -0.2) is 0 Å². The van der Waals surface area contributed by atoms with E-state index in [1.807, 2.05) is 25.5 Å². The number of hydrogen-bond acceptors (Lipinski definition) is 3. The van der Waals surface area contributed by atoms with Crippen LogP contribution in [0, 0.1) is 6.92 Å². The van der Waals surface area contributed by atoms with Gasteiger partial charge in [0.25, 0.3) is 0 Å². The monoisotopic (exact) mass is 312 g/mol. The molecule has 1 aromatic heterocycles. The second-order valence-corrected chi connectivity index (χ2v) is 5.85. The maximum Gasteiger partial charge on any atom is 0.245 e. The predicted octanol–water partition coefficient (Wildman–Crippen LogP) is 1.49. The van der Waals surface area contributed by atoms with E-state index >= 15 is 0 Å². The molecule has 2 amide bonds. The van der Waals surface area contributed by atoms with E-state index in [-0.39, 0.29) is 17.9 Å². The molecule has 0 spiro atoms. The Balaban J connectivity index is 2.32. The summed E-state index contributed by atoms with van der Waals surface area (Å²) in [6.45, 7) is 8.46. The van der Waals surface area contributed by atoms with Crippen LogP contribution < -0.4 is 5.32 Å². The van der Waals surface area contributed by atoms with Crippen LogP contribution in [-0.2, 0) is 22.7 Å². The van der Waals surface area contributed by atoms with Gasteiger partial charge in [-0.3, -0.25) is 14.3 Å². The van der Waals surface area contributed by atoms with Gasteiger partial charge in [0.1, 0.15) is 6.04 Å². The molecule has 2 heterocycles. The van der Waals surface area contributed by atoms with Crippen molar-refractivity contribution in [3.63, 3.8) is 0 Å². The number of rotatable bonds is 3. The van der Waals surface area contributed by atoms with E-state index in [4.69, 9.17) is 11.6 Å². The number of nitrogens with zero attached hydrogens (tertiary/aromatic N) is 3. The van der Waals surface area contributed by atoms with E-state index in [2.05, 4.69) is 10.4 Å². The molecule has 21 heavy (non-hydrogen) atoms. The second kappa shape index (κ2) is 6.05. The molecular formula is C14H21ClN4O2. The summed E-state index contributed by atoms with van der Waals surface area (Å²) in [6, 6.07) is -0.681. The second-order valence-electron chi connectivity index (χ2n) is 5.47. The standard InChI is InChI=1S/C14H21ClN4O2/c1-5-19-11(13(15)9(3)17-19)7-18-8(2)6-12(20)16-10(4)14(18)21/h8,10H,5-7H2,1-4H3,(H,16,20). The summed E-state index contributed by atoms with van der Waals surface area (Å²) in [4.78, 5) is 25.9. The fourth-order valence-electron chi connectivity index (χ4n) is 2.62. The van der Waals surface area contributed by atoms with Gasteiger partial charge in [0.2, 0.25) is 11.8 Å². The Hall–Kier alpha value is -1.56. The van der Waals surface area contributed by atoms with Crippen LogP contribution in [0.15, 0.2) is 0 Å². The Labute approximate surface area is 129 Å². The number of aromatic nitrogens is 2. The molecule has 2 atom stereocenters. The molecule has 7 heteroatoms. The van der Waals surface area contributed by atoms with Crippen LogP contribution in [0.2, 0.25) is 5.02 Å². The Bertz CT molecular complexity index is 570. The van der Waals surface area contributed by atoms with Crippen molar-refractivity contribution in [2.75, 3.05) is 0 Å². The number of halogens is 1. The topological polar surface area (TPSA) is 67.2 Å². The van der Waals surface area contributed by atoms with Crippen molar-refractivity contribution in [3.8, 4) is 0 Å². The summed E-state index contributed by atoms with van der Waals surface area (Å²) in [5.74, 6) is -0.192. The van der Waals surface area contributed by atoms with Gasteiger partial charge in [-0.1, -0.05) is 11.6 Å². The molecule has 0 saturated carbocycles. The lowest BCUT2D eigenvalue weighted by molar-refractivity contribution is -0.135. The van der Waals surface area contributed by atoms with Crippen LogP contribution in [0.3, 0.4) is 0 Å².